The van der Waals surface area contributed by atoms with Crippen LogP contribution in [0.1, 0.15) is 12.5 Å². The summed E-state index contributed by atoms with van der Waals surface area (Å²) in [5.41, 5.74) is 1.29. The van der Waals surface area contributed by atoms with Gasteiger partial charge < -0.3 is 0 Å². The molecule has 0 unspecified atom stereocenters. The second kappa shape index (κ2) is 5.65. The van der Waals surface area contributed by atoms with Gasteiger partial charge in [-0.25, -0.2) is 0 Å². The summed E-state index contributed by atoms with van der Waals surface area (Å²) in [6, 6.07) is 10.4. The molecule has 0 radical (unpaired) electrons. The third-order valence-corrected chi connectivity index (χ3v) is 2.53. The summed E-state index contributed by atoms with van der Waals surface area (Å²) in [5.74, 6) is 0. The van der Waals surface area contributed by atoms with Crippen LogP contribution in [0.15, 0.2) is 48.6 Å². The first kappa shape index (κ1) is 10.1. The number of thioether (sulfide) groups is 1. The molecule has 1 heteroatoms. The van der Waals surface area contributed by atoms with Gasteiger partial charge in [0.15, 0.2) is 0 Å². The Kier molecular flexibility index (Phi) is 4.41. The van der Waals surface area contributed by atoms with Crippen molar-refractivity contribution in [1.82, 2.24) is 0 Å². The third-order valence-electron chi connectivity index (χ3n) is 1.72. The molecule has 0 aliphatic rings. The molecule has 68 valence electrons. The number of hydrogen-bond donors (Lipinski definition) is 0. The Hall–Kier alpha value is -0.950. The second-order valence-corrected chi connectivity index (χ2v) is 3.47. The van der Waals surface area contributed by atoms with E-state index in [2.05, 4.69) is 42.7 Å². The highest BCUT2D eigenvalue weighted by Gasteiger charge is 1.95. The van der Waals surface area contributed by atoms with Crippen LogP contribution in [0, 0.1) is 0 Å². The van der Waals surface area contributed by atoms with E-state index in [0.717, 1.165) is 0 Å². The van der Waals surface area contributed by atoms with Gasteiger partial charge in [0.25, 0.3) is 0 Å². The first-order valence-corrected chi connectivity index (χ1v) is 5.53. The van der Waals surface area contributed by atoms with Crippen molar-refractivity contribution >= 4 is 16.7 Å². The van der Waals surface area contributed by atoms with Crippen LogP contribution in [-0.2, 0) is 0 Å². The van der Waals surface area contributed by atoms with E-state index in [0.29, 0.717) is 0 Å². The van der Waals surface area contributed by atoms with Crippen LogP contribution in [0.3, 0.4) is 0 Å². The Morgan fingerprint density at radius 1 is 1.23 bits per heavy atom. The minimum atomic E-state index is 1.29. The van der Waals surface area contributed by atoms with Crippen molar-refractivity contribution in [3.05, 3.63) is 54.1 Å². The van der Waals surface area contributed by atoms with Crippen LogP contribution < -0.4 is 0 Å². The molecule has 0 saturated carbocycles. The van der Waals surface area contributed by atoms with Gasteiger partial charge >= 0.3 is 0 Å². The van der Waals surface area contributed by atoms with Gasteiger partial charge in [-0.2, -0.15) is 0 Å². The minimum absolute atomic E-state index is 1.29. The lowest BCUT2D eigenvalue weighted by Crippen LogP contribution is -1.76. The fourth-order valence-corrected chi connectivity index (χ4v) is 1.65. The maximum Gasteiger partial charge on any atom is 0.0141 e. The van der Waals surface area contributed by atoms with E-state index in [1.165, 1.54) is 10.5 Å². The Balaban J connectivity index is 2.91. The van der Waals surface area contributed by atoms with Gasteiger partial charge in [-0.15, -0.1) is 11.8 Å². The van der Waals surface area contributed by atoms with Crippen molar-refractivity contribution in [3.63, 3.8) is 0 Å². The molecule has 0 atom stereocenters. The quantitative estimate of drug-likeness (QED) is 0.650. The summed E-state index contributed by atoms with van der Waals surface area (Å²) >= 11 is 1.77. The van der Waals surface area contributed by atoms with Gasteiger partial charge in [0, 0.05) is 4.91 Å². The zero-order valence-electron chi connectivity index (χ0n) is 8.03. The van der Waals surface area contributed by atoms with E-state index < -0.39 is 0 Å². The molecular weight excluding hydrogens is 176 g/mol. The first-order valence-electron chi connectivity index (χ1n) is 4.31. The van der Waals surface area contributed by atoms with Gasteiger partial charge in [-0.3, -0.25) is 0 Å². The molecule has 0 N–H and O–H groups in total. The lowest BCUT2D eigenvalue weighted by Gasteiger charge is -2.01. The Morgan fingerprint density at radius 2 is 1.92 bits per heavy atom. The van der Waals surface area contributed by atoms with Crippen molar-refractivity contribution in [2.24, 2.45) is 0 Å². The van der Waals surface area contributed by atoms with Gasteiger partial charge in [-0.05, 0) is 24.8 Å². The third kappa shape index (κ3) is 3.11. The highest BCUT2D eigenvalue weighted by atomic mass is 32.2. The summed E-state index contributed by atoms with van der Waals surface area (Å²) < 4.78 is 0. The van der Waals surface area contributed by atoms with E-state index in [9.17, 15) is 0 Å². The SMILES string of the molecule is C/C=C/C=C(\SC)c1ccccc1. The molecule has 0 heterocycles. The van der Waals surface area contributed by atoms with Crippen molar-refractivity contribution in [2.45, 2.75) is 6.92 Å². The minimum Gasteiger partial charge on any atom is -0.129 e. The van der Waals surface area contributed by atoms with Crippen molar-refractivity contribution in [1.29, 1.82) is 0 Å². The van der Waals surface area contributed by atoms with Gasteiger partial charge in [0.05, 0.1) is 0 Å². The topological polar surface area (TPSA) is 0 Å². The molecule has 0 saturated heterocycles. The molecule has 0 nitrogen and oxygen atoms in total. The molecule has 0 aliphatic heterocycles. The van der Waals surface area contributed by atoms with Crippen LogP contribution >= 0.6 is 11.8 Å². The fourth-order valence-electron chi connectivity index (χ4n) is 1.07. The van der Waals surface area contributed by atoms with E-state index in [1.54, 1.807) is 11.8 Å². The summed E-state index contributed by atoms with van der Waals surface area (Å²) in [5, 5.41) is 0. The molecule has 0 bridgehead atoms. The fraction of sp³-hybridized carbons (Fsp3) is 0.167. The Bertz CT molecular complexity index is 296. The second-order valence-electron chi connectivity index (χ2n) is 2.63. The van der Waals surface area contributed by atoms with Crippen LogP contribution in [0.25, 0.3) is 4.91 Å². The van der Waals surface area contributed by atoms with E-state index in [4.69, 9.17) is 0 Å². The number of allylic oxidation sites excluding steroid dienone is 3. The van der Waals surface area contributed by atoms with Crippen molar-refractivity contribution < 1.29 is 0 Å². The van der Waals surface area contributed by atoms with Gasteiger partial charge in [0.1, 0.15) is 0 Å². The van der Waals surface area contributed by atoms with Crippen molar-refractivity contribution in [3.8, 4) is 0 Å². The van der Waals surface area contributed by atoms with Crippen LogP contribution in [0.4, 0.5) is 0 Å². The van der Waals surface area contributed by atoms with E-state index in [1.807, 2.05) is 19.1 Å². The first-order chi connectivity index (χ1) is 6.38. The summed E-state index contributed by atoms with van der Waals surface area (Å²) in [7, 11) is 0. The average molecular weight is 190 g/mol. The Morgan fingerprint density at radius 3 is 2.46 bits per heavy atom. The van der Waals surface area contributed by atoms with Crippen molar-refractivity contribution in [2.75, 3.05) is 6.26 Å². The van der Waals surface area contributed by atoms with Crippen LogP contribution in [0.5, 0.6) is 0 Å². The molecule has 0 aliphatic carbocycles. The highest BCUT2D eigenvalue weighted by Crippen LogP contribution is 2.24. The van der Waals surface area contributed by atoms with Gasteiger partial charge in [-0.1, -0.05) is 42.5 Å². The normalized spacial score (nSPS) is 12.3. The monoisotopic (exact) mass is 190 g/mol. The average Bonchev–Trinajstić information content (AvgIpc) is 2.21. The Labute approximate surface area is 84.4 Å². The van der Waals surface area contributed by atoms with Crippen LogP contribution in [0.2, 0.25) is 0 Å². The van der Waals surface area contributed by atoms with Crippen LogP contribution in [-0.4, -0.2) is 6.26 Å². The molecule has 0 amide bonds. The molecule has 1 aromatic carbocycles. The molecule has 13 heavy (non-hydrogen) atoms. The molecular formula is C12H14S. The number of benzene rings is 1. The predicted molar refractivity (Wildman–Crippen MR) is 62.7 cm³/mol. The summed E-state index contributed by atoms with van der Waals surface area (Å²) in [6.45, 7) is 2.03. The lowest BCUT2D eigenvalue weighted by molar-refractivity contribution is 1.65. The number of hydrogen-bond acceptors (Lipinski definition) is 1. The zero-order valence-corrected chi connectivity index (χ0v) is 8.84. The maximum atomic E-state index is 2.14. The molecule has 0 spiro atoms. The molecule has 0 aromatic heterocycles. The van der Waals surface area contributed by atoms with E-state index >= 15 is 0 Å². The smallest absolute Gasteiger partial charge is 0.0141 e. The standard InChI is InChI=1S/C12H14S/c1-3-4-10-12(13-2)11-8-6-5-7-9-11/h3-10H,1-2H3/b4-3+,12-10-. The zero-order chi connectivity index (χ0) is 9.52. The lowest BCUT2D eigenvalue weighted by atomic mass is 10.2. The predicted octanol–water partition coefficient (Wildman–Crippen LogP) is 3.97. The molecule has 0 fully saturated rings. The molecule has 1 rings (SSSR count). The highest BCUT2D eigenvalue weighted by molar-refractivity contribution is 8.07. The summed E-state index contributed by atoms with van der Waals surface area (Å²) in [4.78, 5) is 1.30. The summed E-state index contributed by atoms with van der Waals surface area (Å²) in [6.07, 6.45) is 8.35. The maximum absolute atomic E-state index is 2.14. The van der Waals surface area contributed by atoms with E-state index in [-0.39, 0.29) is 0 Å². The number of rotatable bonds is 3. The van der Waals surface area contributed by atoms with Gasteiger partial charge in [0.2, 0.25) is 0 Å². The molecule has 1 aromatic rings. The largest absolute Gasteiger partial charge is 0.129 e.